The summed E-state index contributed by atoms with van der Waals surface area (Å²) >= 11 is 0. The number of nitrogens with zero attached hydrogens (tertiary/aromatic N) is 1. The van der Waals surface area contributed by atoms with E-state index >= 15 is 0 Å². The second-order valence-electron chi connectivity index (χ2n) is 4.53. The van der Waals surface area contributed by atoms with Crippen LogP contribution in [0.15, 0.2) is 30.5 Å². The molecule has 2 heterocycles. The summed E-state index contributed by atoms with van der Waals surface area (Å²) in [5.41, 5.74) is 7.73. The molecule has 0 saturated carbocycles. The van der Waals surface area contributed by atoms with Crippen molar-refractivity contribution in [3.05, 3.63) is 36.0 Å². The SMILES string of the molecule is NCCN1CC(c2c[nH]c3ccccc23)NC1=O. The number of amides is 2. The van der Waals surface area contributed by atoms with E-state index in [1.54, 1.807) is 4.90 Å². The van der Waals surface area contributed by atoms with Gasteiger partial charge in [-0.05, 0) is 6.07 Å². The fourth-order valence-corrected chi connectivity index (χ4v) is 2.50. The molecule has 1 aromatic heterocycles. The van der Waals surface area contributed by atoms with Crippen LogP contribution >= 0.6 is 0 Å². The van der Waals surface area contributed by atoms with Crippen LogP contribution in [0.1, 0.15) is 11.6 Å². The van der Waals surface area contributed by atoms with Crippen LogP contribution in [-0.4, -0.2) is 35.5 Å². The van der Waals surface area contributed by atoms with Gasteiger partial charge in [-0.3, -0.25) is 0 Å². The van der Waals surface area contributed by atoms with Crippen LogP contribution in [0, 0.1) is 0 Å². The van der Waals surface area contributed by atoms with Crippen LogP contribution in [-0.2, 0) is 0 Å². The number of benzene rings is 1. The Labute approximate surface area is 105 Å². The van der Waals surface area contributed by atoms with E-state index in [1.165, 1.54) is 0 Å². The molecular weight excluding hydrogens is 228 g/mol. The number of para-hydroxylation sites is 1. The Morgan fingerprint density at radius 1 is 1.39 bits per heavy atom. The lowest BCUT2D eigenvalue weighted by atomic mass is 10.1. The molecule has 1 fully saturated rings. The molecule has 1 aromatic carbocycles. The van der Waals surface area contributed by atoms with E-state index in [1.807, 2.05) is 24.4 Å². The van der Waals surface area contributed by atoms with Crippen molar-refractivity contribution in [2.24, 2.45) is 5.73 Å². The normalized spacial score (nSPS) is 19.5. The second kappa shape index (κ2) is 4.34. The average Bonchev–Trinajstić information content (AvgIpc) is 2.94. The molecule has 5 heteroatoms. The summed E-state index contributed by atoms with van der Waals surface area (Å²) in [5, 5.41) is 4.16. The molecule has 18 heavy (non-hydrogen) atoms. The van der Waals surface area contributed by atoms with E-state index in [4.69, 9.17) is 5.73 Å². The summed E-state index contributed by atoms with van der Waals surface area (Å²) in [5.74, 6) is 0. The summed E-state index contributed by atoms with van der Waals surface area (Å²) in [6, 6.07) is 8.12. The zero-order chi connectivity index (χ0) is 12.5. The largest absolute Gasteiger partial charge is 0.361 e. The fraction of sp³-hybridized carbons (Fsp3) is 0.308. The van der Waals surface area contributed by atoms with Gasteiger partial charge in [-0.15, -0.1) is 0 Å². The zero-order valence-electron chi connectivity index (χ0n) is 10.0. The Morgan fingerprint density at radius 3 is 3.06 bits per heavy atom. The Morgan fingerprint density at radius 2 is 2.22 bits per heavy atom. The van der Waals surface area contributed by atoms with E-state index in [9.17, 15) is 4.79 Å². The third-order valence-corrected chi connectivity index (χ3v) is 3.38. The van der Waals surface area contributed by atoms with Crippen molar-refractivity contribution in [1.29, 1.82) is 0 Å². The highest BCUT2D eigenvalue weighted by molar-refractivity contribution is 5.85. The van der Waals surface area contributed by atoms with Crippen molar-refractivity contribution in [3.63, 3.8) is 0 Å². The molecule has 1 unspecified atom stereocenters. The zero-order valence-corrected chi connectivity index (χ0v) is 10.0. The molecule has 2 amide bonds. The smallest absolute Gasteiger partial charge is 0.318 e. The van der Waals surface area contributed by atoms with Crippen molar-refractivity contribution in [1.82, 2.24) is 15.2 Å². The van der Waals surface area contributed by atoms with Crippen LogP contribution in [0.4, 0.5) is 4.79 Å². The summed E-state index contributed by atoms with van der Waals surface area (Å²) in [6.45, 7) is 1.77. The number of H-pyrrole nitrogens is 1. The van der Waals surface area contributed by atoms with E-state index in [2.05, 4.69) is 16.4 Å². The monoisotopic (exact) mass is 244 g/mol. The summed E-state index contributed by atoms with van der Waals surface area (Å²) < 4.78 is 0. The Balaban J connectivity index is 1.90. The second-order valence-corrected chi connectivity index (χ2v) is 4.53. The highest BCUT2D eigenvalue weighted by Crippen LogP contribution is 2.27. The third kappa shape index (κ3) is 1.73. The average molecular weight is 244 g/mol. The van der Waals surface area contributed by atoms with E-state index in [0.717, 1.165) is 16.5 Å². The molecule has 0 aliphatic carbocycles. The minimum atomic E-state index is -0.0317. The standard InChI is InChI=1S/C13H16N4O/c14-5-6-17-8-12(16-13(17)18)10-7-15-11-4-2-1-3-9(10)11/h1-4,7,12,15H,5-6,8,14H2,(H,16,18). The topological polar surface area (TPSA) is 74.2 Å². The van der Waals surface area contributed by atoms with Gasteiger partial charge < -0.3 is 20.9 Å². The predicted octanol–water partition coefficient (Wildman–Crippen LogP) is 1.19. The van der Waals surface area contributed by atoms with Gasteiger partial charge in [-0.25, -0.2) is 4.79 Å². The van der Waals surface area contributed by atoms with Gasteiger partial charge in [-0.2, -0.15) is 0 Å². The molecule has 1 aliphatic heterocycles. The number of fused-ring (bicyclic) bond motifs is 1. The van der Waals surface area contributed by atoms with Gasteiger partial charge in [0, 0.05) is 42.3 Å². The number of nitrogens with two attached hydrogens (primary N) is 1. The first-order valence-electron chi connectivity index (χ1n) is 6.11. The molecule has 0 bridgehead atoms. The van der Waals surface area contributed by atoms with Crippen molar-refractivity contribution in [2.75, 3.05) is 19.6 Å². The molecule has 1 aliphatic rings. The molecule has 5 nitrogen and oxygen atoms in total. The van der Waals surface area contributed by atoms with Crippen LogP contribution in [0.3, 0.4) is 0 Å². The number of aromatic nitrogens is 1. The predicted molar refractivity (Wildman–Crippen MR) is 70.2 cm³/mol. The fourth-order valence-electron chi connectivity index (χ4n) is 2.50. The number of hydrogen-bond acceptors (Lipinski definition) is 2. The first-order chi connectivity index (χ1) is 8.79. The lowest BCUT2D eigenvalue weighted by Crippen LogP contribution is -2.32. The van der Waals surface area contributed by atoms with Gasteiger partial charge in [0.1, 0.15) is 0 Å². The van der Waals surface area contributed by atoms with Crippen LogP contribution in [0.5, 0.6) is 0 Å². The molecule has 94 valence electrons. The maximum absolute atomic E-state index is 11.8. The summed E-state index contributed by atoms with van der Waals surface area (Å²) in [4.78, 5) is 16.7. The number of aromatic amines is 1. The maximum Gasteiger partial charge on any atom is 0.318 e. The maximum atomic E-state index is 11.8. The Kier molecular flexibility index (Phi) is 2.68. The van der Waals surface area contributed by atoms with Gasteiger partial charge in [0.05, 0.1) is 6.04 Å². The molecule has 1 saturated heterocycles. The number of hydrogen-bond donors (Lipinski definition) is 3. The molecule has 3 rings (SSSR count). The van der Waals surface area contributed by atoms with Gasteiger partial charge in [0.15, 0.2) is 0 Å². The molecule has 0 spiro atoms. The van der Waals surface area contributed by atoms with Crippen LogP contribution in [0.25, 0.3) is 10.9 Å². The minimum absolute atomic E-state index is 0.0317. The highest BCUT2D eigenvalue weighted by atomic mass is 16.2. The number of carbonyl (C=O) groups excluding carboxylic acids is 1. The number of carbonyl (C=O) groups is 1. The molecule has 2 aromatic rings. The van der Waals surface area contributed by atoms with Gasteiger partial charge in [-0.1, -0.05) is 18.2 Å². The number of rotatable bonds is 3. The first-order valence-corrected chi connectivity index (χ1v) is 6.11. The molecular formula is C13H16N4O. The molecule has 4 N–H and O–H groups in total. The van der Waals surface area contributed by atoms with Gasteiger partial charge in [0.25, 0.3) is 0 Å². The van der Waals surface area contributed by atoms with Gasteiger partial charge in [0.2, 0.25) is 0 Å². The molecule has 0 radical (unpaired) electrons. The molecule has 1 atom stereocenters. The number of urea groups is 1. The van der Waals surface area contributed by atoms with E-state index in [0.29, 0.717) is 19.6 Å². The Hall–Kier alpha value is -2.01. The Bertz CT molecular complexity index is 577. The lowest BCUT2D eigenvalue weighted by molar-refractivity contribution is 0.218. The van der Waals surface area contributed by atoms with Crippen LogP contribution in [0.2, 0.25) is 0 Å². The summed E-state index contributed by atoms with van der Waals surface area (Å²) in [7, 11) is 0. The van der Waals surface area contributed by atoms with Crippen molar-refractivity contribution >= 4 is 16.9 Å². The minimum Gasteiger partial charge on any atom is -0.361 e. The van der Waals surface area contributed by atoms with Crippen LogP contribution < -0.4 is 11.1 Å². The number of nitrogens with one attached hydrogen (secondary N) is 2. The lowest BCUT2D eigenvalue weighted by Gasteiger charge is -2.12. The van der Waals surface area contributed by atoms with E-state index in [-0.39, 0.29) is 12.1 Å². The third-order valence-electron chi connectivity index (χ3n) is 3.38. The van der Waals surface area contributed by atoms with Crippen molar-refractivity contribution in [3.8, 4) is 0 Å². The highest BCUT2D eigenvalue weighted by Gasteiger charge is 2.30. The van der Waals surface area contributed by atoms with Crippen molar-refractivity contribution in [2.45, 2.75) is 6.04 Å². The van der Waals surface area contributed by atoms with Crippen molar-refractivity contribution < 1.29 is 4.79 Å². The van der Waals surface area contributed by atoms with E-state index < -0.39 is 0 Å². The first kappa shape index (κ1) is 11.1. The van der Waals surface area contributed by atoms with Gasteiger partial charge >= 0.3 is 6.03 Å². The summed E-state index contributed by atoms with van der Waals surface area (Å²) in [6.07, 6.45) is 1.97. The quantitative estimate of drug-likeness (QED) is 0.758.